The highest BCUT2D eigenvalue weighted by Crippen LogP contribution is 2.35. The average molecular weight is 350 g/mol. The standard InChI is InChI=1S/C18H27N3O2S/c1-3-5-14(6-4-2)24-18-15-9-10-21(17(15)19-12-20-18)16-8-7-13(11-22)23-16/h9-10,12-14,16,22H,3-8,11H2,1-2H3. The van der Waals surface area contributed by atoms with Crippen LogP contribution in [-0.2, 0) is 4.74 Å². The number of aliphatic hydroxyl groups is 1. The van der Waals surface area contributed by atoms with Crippen LogP contribution in [0.2, 0.25) is 0 Å². The molecule has 6 heteroatoms. The first-order valence-electron chi connectivity index (χ1n) is 9.01. The lowest BCUT2D eigenvalue weighted by molar-refractivity contribution is -0.0204. The Hall–Kier alpha value is -1.11. The molecule has 0 saturated carbocycles. The van der Waals surface area contributed by atoms with Crippen LogP contribution in [0, 0.1) is 0 Å². The van der Waals surface area contributed by atoms with Crippen LogP contribution in [-0.4, -0.2) is 37.6 Å². The van der Waals surface area contributed by atoms with Gasteiger partial charge in [0.2, 0.25) is 0 Å². The van der Waals surface area contributed by atoms with E-state index in [4.69, 9.17) is 4.74 Å². The second kappa shape index (κ2) is 8.32. The molecule has 1 saturated heterocycles. The maximum absolute atomic E-state index is 9.28. The number of hydrogen-bond donors (Lipinski definition) is 1. The number of rotatable bonds is 8. The second-order valence-electron chi connectivity index (χ2n) is 6.43. The minimum Gasteiger partial charge on any atom is -0.394 e. The summed E-state index contributed by atoms with van der Waals surface area (Å²) in [5.41, 5.74) is 0.933. The lowest BCUT2D eigenvalue weighted by Crippen LogP contribution is -2.14. The third kappa shape index (κ3) is 3.76. The monoisotopic (exact) mass is 349 g/mol. The van der Waals surface area contributed by atoms with Crippen LogP contribution < -0.4 is 0 Å². The van der Waals surface area contributed by atoms with Gasteiger partial charge in [0.1, 0.15) is 23.2 Å². The molecule has 2 atom stereocenters. The van der Waals surface area contributed by atoms with Crippen LogP contribution in [0.5, 0.6) is 0 Å². The molecule has 2 aromatic heterocycles. The van der Waals surface area contributed by atoms with Gasteiger partial charge >= 0.3 is 0 Å². The smallest absolute Gasteiger partial charge is 0.146 e. The lowest BCUT2D eigenvalue weighted by atomic mass is 10.2. The van der Waals surface area contributed by atoms with Gasteiger partial charge in [-0.15, -0.1) is 11.8 Å². The van der Waals surface area contributed by atoms with E-state index in [2.05, 4.69) is 34.4 Å². The molecule has 1 aliphatic rings. The molecule has 0 aromatic carbocycles. The summed E-state index contributed by atoms with van der Waals surface area (Å²) in [5, 5.41) is 12.1. The Balaban J connectivity index is 1.83. The summed E-state index contributed by atoms with van der Waals surface area (Å²) in [6.45, 7) is 4.57. The summed E-state index contributed by atoms with van der Waals surface area (Å²) in [4.78, 5) is 9.03. The average Bonchev–Trinajstić information content (AvgIpc) is 3.22. The number of aliphatic hydroxyl groups excluding tert-OH is 1. The van der Waals surface area contributed by atoms with Crippen molar-refractivity contribution in [1.82, 2.24) is 14.5 Å². The Morgan fingerprint density at radius 3 is 2.75 bits per heavy atom. The van der Waals surface area contributed by atoms with Crippen molar-refractivity contribution < 1.29 is 9.84 Å². The quantitative estimate of drug-likeness (QED) is 0.573. The molecule has 132 valence electrons. The van der Waals surface area contributed by atoms with Crippen LogP contribution in [0.3, 0.4) is 0 Å². The van der Waals surface area contributed by atoms with Gasteiger partial charge in [-0.1, -0.05) is 26.7 Å². The number of ether oxygens (including phenoxy) is 1. The largest absolute Gasteiger partial charge is 0.394 e. The van der Waals surface area contributed by atoms with Crippen molar-refractivity contribution in [3.63, 3.8) is 0 Å². The van der Waals surface area contributed by atoms with Gasteiger partial charge in [-0.25, -0.2) is 9.97 Å². The molecule has 1 N–H and O–H groups in total. The van der Waals surface area contributed by atoms with Gasteiger partial charge in [0.15, 0.2) is 0 Å². The Kier molecular flexibility index (Phi) is 6.14. The fourth-order valence-corrected chi connectivity index (χ4v) is 4.78. The van der Waals surface area contributed by atoms with Gasteiger partial charge in [0, 0.05) is 11.4 Å². The summed E-state index contributed by atoms with van der Waals surface area (Å²) in [6.07, 6.45) is 10.3. The van der Waals surface area contributed by atoms with Crippen molar-refractivity contribution in [2.75, 3.05) is 6.61 Å². The van der Waals surface area contributed by atoms with E-state index < -0.39 is 0 Å². The molecular weight excluding hydrogens is 322 g/mol. The van der Waals surface area contributed by atoms with Crippen LogP contribution >= 0.6 is 11.8 Å². The first-order valence-corrected chi connectivity index (χ1v) is 9.89. The molecular formula is C18H27N3O2S. The first kappa shape index (κ1) is 17.7. The van der Waals surface area contributed by atoms with Crippen LogP contribution in [0.25, 0.3) is 11.0 Å². The highest BCUT2D eigenvalue weighted by molar-refractivity contribution is 8.00. The van der Waals surface area contributed by atoms with Crippen molar-refractivity contribution in [3.05, 3.63) is 18.6 Å². The van der Waals surface area contributed by atoms with Gasteiger partial charge in [-0.05, 0) is 31.7 Å². The number of fused-ring (bicyclic) bond motifs is 1. The lowest BCUT2D eigenvalue weighted by Gasteiger charge is -2.16. The molecule has 1 aliphatic heterocycles. The van der Waals surface area contributed by atoms with E-state index in [1.165, 1.54) is 25.7 Å². The van der Waals surface area contributed by atoms with E-state index in [0.717, 1.165) is 28.9 Å². The fraction of sp³-hybridized carbons (Fsp3) is 0.667. The molecule has 3 rings (SSSR count). The van der Waals surface area contributed by atoms with Crippen LogP contribution in [0.15, 0.2) is 23.6 Å². The number of nitrogens with zero attached hydrogens (tertiary/aromatic N) is 3. The molecule has 0 amide bonds. The molecule has 1 fully saturated rings. The zero-order chi connectivity index (χ0) is 16.9. The zero-order valence-electron chi connectivity index (χ0n) is 14.5. The maximum Gasteiger partial charge on any atom is 0.146 e. The number of thioether (sulfide) groups is 1. The summed E-state index contributed by atoms with van der Waals surface area (Å²) in [6, 6.07) is 2.10. The Bertz CT molecular complexity index is 655. The molecule has 5 nitrogen and oxygen atoms in total. The third-order valence-corrected chi connectivity index (χ3v) is 5.92. The van der Waals surface area contributed by atoms with Crippen LogP contribution in [0.4, 0.5) is 0 Å². The number of aromatic nitrogens is 3. The normalized spacial score (nSPS) is 21.2. The minimum absolute atomic E-state index is 0.0329. The van der Waals surface area contributed by atoms with Crippen molar-refractivity contribution in [2.45, 2.75) is 75.0 Å². The van der Waals surface area contributed by atoms with Gasteiger partial charge in [0.05, 0.1) is 18.1 Å². The second-order valence-corrected chi connectivity index (χ2v) is 7.72. The molecule has 2 unspecified atom stereocenters. The van der Waals surface area contributed by atoms with E-state index in [9.17, 15) is 5.11 Å². The highest BCUT2D eigenvalue weighted by Gasteiger charge is 2.27. The van der Waals surface area contributed by atoms with E-state index in [-0.39, 0.29) is 18.9 Å². The Morgan fingerprint density at radius 1 is 1.29 bits per heavy atom. The van der Waals surface area contributed by atoms with Crippen molar-refractivity contribution in [3.8, 4) is 0 Å². The van der Waals surface area contributed by atoms with E-state index in [0.29, 0.717) is 5.25 Å². The topological polar surface area (TPSA) is 60.2 Å². The van der Waals surface area contributed by atoms with E-state index >= 15 is 0 Å². The molecule has 2 aromatic rings. The fourth-order valence-electron chi connectivity index (χ4n) is 3.36. The summed E-state index contributed by atoms with van der Waals surface area (Å²) < 4.78 is 8.00. The Morgan fingerprint density at radius 2 is 2.08 bits per heavy atom. The molecule has 24 heavy (non-hydrogen) atoms. The molecule has 0 radical (unpaired) electrons. The van der Waals surface area contributed by atoms with E-state index in [1.54, 1.807) is 6.33 Å². The molecule has 0 bridgehead atoms. The number of hydrogen-bond acceptors (Lipinski definition) is 5. The van der Waals surface area contributed by atoms with Gasteiger partial charge in [-0.2, -0.15) is 0 Å². The Labute approximate surface area is 147 Å². The summed E-state index contributed by atoms with van der Waals surface area (Å²) >= 11 is 1.88. The van der Waals surface area contributed by atoms with Gasteiger partial charge < -0.3 is 14.4 Å². The van der Waals surface area contributed by atoms with Crippen molar-refractivity contribution in [2.24, 2.45) is 0 Å². The van der Waals surface area contributed by atoms with Crippen molar-refractivity contribution >= 4 is 22.8 Å². The predicted molar refractivity (Wildman–Crippen MR) is 97.2 cm³/mol. The highest BCUT2D eigenvalue weighted by atomic mass is 32.2. The third-order valence-electron chi connectivity index (χ3n) is 4.57. The molecule has 3 heterocycles. The molecule has 0 aliphatic carbocycles. The van der Waals surface area contributed by atoms with Gasteiger partial charge in [0.25, 0.3) is 0 Å². The first-order chi connectivity index (χ1) is 11.8. The van der Waals surface area contributed by atoms with E-state index in [1.807, 2.05) is 18.0 Å². The maximum atomic E-state index is 9.28. The van der Waals surface area contributed by atoms with Gasteiger partial charge in [-0.3, -0.25) is 0 Å². The van der Waals surface area contributed by atoms with Crippen molar-refractivity contribution in [1.29, 1.82) is 0 Å². The summed E-state index contributed by atoms with van der Waals surface area (Å²) in [7, 11) is 0. The summed E-state index contributed by atoms with van der Waals surface area (Å²) in [5.74, 6) is 0. The van der Waals surface area contributed by atoms with Crippen LogP contribution in [0.1, 0.15) is 58.6 Å². The SMILES string of the molecule is CCCC(CCC)Sc1ncnc2c1ccn2C1CCC(CO)O1. The minimum atomic E-state index is -0.0541. The molecule has 0 spiro atoms. The zero-order valence-corrected chi connectivity index (χ0v) is 15.3. The predicted octanol–water partition coefficient (Wildman–Crippen LogP) is 4.16.